The summed E-state index contributed by atoms with van der Waals surface area (Å²) in [5.74, 6) is -0.395. The molecule has 12 nitrogen and oxygen atoms in total. The number of H-pyrrole nitrogens is 1. The summed E-state index contributed by atoms with van der Waals surface area (Å²) in [5, 5.41) is 39.7. The van der Waals surface area contributed by atoms with Gasteiger partial charge in [-0.2, -0.15) is 0 Å². The summed E-state index contributed by atoms with van der Waals surface area (Å²) in [4.78, 5) is 43.3. The Morgan fingerprint density at radius 2 is 1.62 bits per heavy atom. The molecule has 1 fully saturated rings. The average Bonchev–Trinajstić information content (AvgIpc) is 3.73. The van der Waals surface area contributed by atoms with Gasteiger partial charge in [0.25, 0.3) is 5.91 Å². The van der Waals surface area contributed by atoms with Crippen molar-refractivity contribution in [1.82, 2.24) is 20.5 Å². The largest absolute Gasteiger partial charge is 0.506 e. The van der Waals surface area contributed by atoms with Crippen LogP contribution in [0.1, 0.15) is 57.1 Å². The van der Waals surface area contributed by atoms with Crippen LogP contribution in [-0.4, -0.2) is 76.5 Å². The number of nitrogens with one attached hydrogen (secondary N) is 3. The van der Waals surface area contributed by atoms with Gasteiger partial charge in [0.2, 0.25) is 11.2 Å². The molecule has 12 heteroatoms. The van der Waals surface area contributed by atoms with Crippen molar-refractivity contribution in [3.05, 3.63) is 177 Å². The molecule has 1 saturated heterocycles. The minimum atomic E-state index is -2.05. The molecule has 0 radical (unpaired) electrons. The van der Waals surface area contributed by atoms with Crippen molar-refractivity contribution in [3.8, 4) is 11.5 Å². The van der Waals surface area contributed by atoms with Crippen LogP contribution in [0.2, 0.25) is 0 Å². The third-order valence-electron chi connectivity index (χ3n) is 10.8. The van der Waals surface area contributed by atoms with Gasteiger partial charge in [0.05, 0.1) is 24.8 Å². The third-order valence-corrected chi connectivity index (χ3v) is 10.8. The van der Waals surface area contributed by atoms with Crippen molar-refractivity contribution >= 4 is 22.8 Å². The fourth-order valence-corrected chi connectivity index (χ4v) is 7.58. The lowest BCUT2D eigenvalue weighted by Gasteiger charge is -2.28. The van der Waals surface area contributed by atoms with E-state index in [1.807, 2.05) is 36.4 Å². The van der Waals surface area contributed by atoms with Crippen molar-refractivity contribution in [2.75, 3.05) is 39.4 Å². The van der Waals surface area contributed by atoms with E-state index in [9.17, 15) is 29.7 Å². The van der Waals surface area contributed by atoms with Crippen LogP contribution >= 0.6 is 0 Å². The van der Waals surface area contributed by atoms with Gasteiger partial charge in [0, 0.05) is 61.2 Å². The lowest BCUT2D eigenvalue weighted by atomic mass is 9.86. The summed E-state index contributed by atoms with van der Waals surface area (Å²) in [6.07, 6.45) is 0.531. The van der Waals surface area contributed by atoms with Gasteiger partial charge in [-0.15, -0.1) is 0 Å². The molecule has 2 heterocycles. The van der Waals surface area contributed by atoms with E-state index in [1.54, 1.807) is 72.8 Å². The number of fused-ring (bicyclic) bond motifs is 1. The summed E-state index contributed by atoms with van der Waals surface area (Å²) in [7, 11) is 0. The second kappa shape index (κ2) is 19.6. The smallest absolute Gasteiger partial charge is 0.347 e. The summed E-state index contributed by atoms with van der Waals surface area (Å²) in [5.41, 5.74) is 1.86. The molecule has 0 spiro atoms. The Bertz CT molecular complexity index is 2430. The first-order valence-corrected chi connectivity index (χ1v) is 20.2. The van der Waals surface area contributed by atoms with Crippen molar-refractivity contribution in [1.29, 1.82) is 0 Å². The number of hydrogen-bond acceptors (Lipinski definition) is 10. The Balaban J connectivity index is 0.861. The van der Waals surface area contributed by atoms with E-state index in [0.717, 1.165) is 31.6 Å². The van der Waals surface area contributed by atoms with Crippen LogP contribution in [0.15, 0.2) is 138 Å². The summed E-state index contributed by atoms with van der Waals surface area (Å²) in [6.45, 7) is 4.10. The fourth-order valence-electron chi connectivity index (χ4n) is 7.58. The van der Waals surface area contributed by atoms with Crippen LogP contribution in [0.4, 0.5) is 0 Å². The highest BCUT2D eigenvalue weighted by molar-refractivity contribution is 5.94. The molecule has 1 aromatic heterocycles. The van der Waals surface area contributed by atoms with Gasteiger partial charge in [0.15, 0.2) is 0 Å². The quantitative estimate of drug-likeness (QED) is 0.0477. The molecule has 7 rings (SSSR count). The normalized spacial score (nSPS) is 15.6. The highest BCUT2D eigenvalue weighted by Gasteiger charge is 2.42. The highest BCUT2D eigenvalue weighted by Crippen LogP contribution is 2.34. The van der Waals surface area contributed by atoms with Gasteiger partial charge in [-0.3, -0.25) is 14.5 Å². The molecule has 3 atom stereocenters. The van der Waals surface area contributed by atoms with Crippen molar-refractivity contribution in [2.45, 2.75) is 37.6 Å². The van der Waals surface area contributed by atoms with Gasteiger partial charge < -0.3 is 40.4 Å². The first kappa shape index (κ1) is 41.8. The van der Waals surface area contributed by atoms with Gasteiger partial charge in [-0.05, 0) is 78.0 Å². The maximum absolute atomic E-state index is 13.8. The van der Waals surface area contributed by atoms with E-state index < -0.39 is 17.7 Å². The Morgan fingerprint density at radius 1 is 0.867 bits per heavy atom. The minimum absolute atomic E-state index is 0.0673. The number of esters is 1. The Labute approximate surface area is 348 Å². The van der Waals surface area contributed by atoms with E-state index in [1.165, 1.54) is 17.7 Å². The molecule has 1 amide bonds. The fraction of sp³-hybridized carbons (Fsp3) is 0.271. The molecule has 5 aromatic carbocycles. The second-order valence-corrected chi connectivity index (χ2v) is 15.2. The predicted molar refractivity (Wildman–Crippen MR) is 228 cm³/mol. The monoisotopic (exact) mass is 810 g/mol. The maximum atomic E-state index is 13.8. The van der Waals surface area contributed by atoms with Gasteiger partial charge in [-0.1, -0.05) is 91.0 Å². The average molecular weight is 811 g/mol. The number of aromatic hydroxyl groups is 1. The summed E-state index contributed by atoms with van der Waals surface area (Å²) in [6, 6.07) is 39.1. The van der Waals surface area contributed by atoms with Gasteiger partial charge >= 0.3 is 5.97 Å². The molecule has 0 aliphatic carbocycles. The standard InChI is InChI=1S/C48H50N4O8/c53-42-21-19-40(41-20-22-44(55)51-45(41)42)43(54)29-49-28-33-15-17-36(18-16-33)46(56)50-24-8-26-59-39-14-7-13-38(27-39)48(58,37-11-5-2-6-12-37)47(57)60-32-35-23-25-52(31-35)30-34-9-3-1-4-10-34/h1-7,9-22,27,35,43,49,53-54,58H,8,23-26,28-32H2,(H,50,56)(H,51,55)/t35-,43-,48-/m0/s1. The molecule has 6 aromatic rings. The van der Waals surface area contributed by atoms with Gasteiger partial charge in [-0.25, -0.2) is 4.79 Å². The number of aliphatic hydroxyl groups is 2. The number of aromatic nitrogens is 1. The highest BCUT2D eigenvalue weighted by atomic mass is 16.5. The zero-order valence-electron chi connectivity index (χ0n) is 33.3. The van der Waals surface area contributed by atoms with E-state index in [0.29, 0.717) is 52.9 Å². The first-order valence-electron chi connectivity index (χ1n) is 20.2. The number of pyridine rings is 1. The van der Waals surface area contributed by atoms with E-state index in [2.05, 4.69) is 32.7 Å². The SMILES string of the molecule is O=C(NCCCOc1cccc([C@](O)(C(=O)OC[C@H]2CCN(Cc3ccccc3)C2)c2ccccc2)c1)c1ccc(CNC[C@H](O)c2ccc(O)c3[nH]c(=O)ccc23)cc1. The number of phenolic OH excluding ortho intramolecular Hbond substituents is 1. The Kier molecular flexibility index (Phi) is 13.7. The molecule has 310 valence electrons. The summed E-state index contributed by atoms with van der Waals surface area (Å²) < 4.78 is 11.9. The zero-order valence-corrected chi connectivity index (χ0v) is 33.3. The number of carbonyl (C=O) groups is 2. The number of ether oxygens (including phenoxy) is 2. The van der Waals surface area contributed by atoms with E-state index in [-0.39, 0.29) is 48.4 Å². The van der Waals surface area contributed by atoms with Crippen LogP contribution in [0.3, 0.4) is 0 Å². The minimum Gasteiger partial charge on any atom is -0.506 e. The first-order chi connectivity index (χ1) is 29.2. The van der Waals surface area contributed by atoms with Gasteiger partial charge in [0.1, 0.15) is 11.5 Å². The topological polar surface area (TPSA) is 173 Å². The number of aliphatic hydroxyl groups excluding tert-OH is 1. The number of hydrogen-bond donors (Lipinski definition) is 6. The van der Waals surface area contributed by atoms with E-state index in [4.69, 9.17) is 9.47 Å². The van der Waals surface area contributed by atoms with Crippen molar-refractivity contribution < 1.29 is 34.4 Å². The molecule has 6 N–H and O–H groups in total. The molecule has 1 aliphatic rings. The lowest BCUT2D eigenvalue weighted by molar-refractivity contribution is -0.163. The third kappa shape index (κ3) is 10.3. The number of carbonyl (C=O) groups excluding carboxylic acids is 2. The number of likely N-dealkylation sites (tertiary alicyclic amines) is 1. The molecule has 1 aliphatic heterocycles. The molecular formula is C48H50N4O8. The molecule has 0 bridgehead atoms. The summed E-state index contributed by atoms with van der Waals surface area (Å²) >= 11 is 0. The number of rotatable bonds is 18. The van der Waals surface area contributed by atoms with E-state index >= 15 is 0 Å². The number of nitrogens with zero attached hydrogens (tertiary/aromatic N) is 1. The predicted octanol–water partition coefficient (Wildman–Crippen LogP) is 5.56. The molecular weight excluding hydrogens is 761 g/mol. The molecule has 60 heavy (non-hydrogen) atoms. The van der Waals surface area contributed by atoms with Crippen molar-refractivity contribution in [3.63, 3.8) is 0 Å². The Morgan fingerprint density at radius 3 is 2.40 bits per heavy atom. The number of benzene rings is 5. The number of amides is 1. The Hall–Kier alpha value is -6.31. The molecule has 0 unspecified atom stereocenters. The van der Waals surface area contributed by atoms with Crippen LogP contribution in [-0.2, 0) is 28.2 Å². The zero-order chi connectivity index (χ0) is 41.9. The van der Waals surface area contributed by atoms with Crippen LogP contribution < -0.4 is 20.9 Å². The maximum Gasteiger partial charge on any atom is 0.347 e. The second-order valence-electron chi connectivity index (χ2n) is 15.2. The van der Waals surface area contributed by atoms with Crippen molar-refractivity contribution in [2.24, 2.45) is 5.92 Å². The lowest BCUT2D eigenvalue weighted by Crippen LogP contribution is -2.39. The number of aromatic amines is 1. The number of phenols is 1. The molecule has 0 saturated carbocycles. The van der Waals surface area contributed by atoms with Crippen LogP contribution in [0, 0.1) is 5.92 Å². The van der Waals surface area contributed by atoms with Crippen LogP contribution in [0.25, 0.3) is 10.9 Å². The van der Waals surface area contributed by atoms with Crippen LogP contribution in [0.5, 0.6) is 11.5 Å².